The van der Waals surface area contributed by atoms with Gasteiger partial charge in [-0.15, -0.1) is 0 Å². The Balaban J connectivity index is 0.732. The van der Waals surface area contributed by atoms with Gasteiger partial charge >= 0.3 is 0 Å². The van der Waals surface area contributed by atoms with Crippen molar-refractivity contribution in [3.63, 3.8) is 0 Å². The van der Waals surface area contributed by atoms with E-state index in [9.17, 15) is 0 Å². The van der Waals surface area contributed by atoms with Crippen LogP contribution in [0, 0.1) is 0 Å². The van der Waals surface area contributed by atoms with E-state index >= 15 is 0 Å². The summed E-state index contributed by atoms with van der Waals surface area (Å²) in [6.45, 7) is 0. The Kier molecular flexibility index (Phi) is 11.6. The first-order chi connectivity index (χ1) is 49.6. The zero-order chi connectivity index (χ0) is 65.3. The van der Waals surface area contributed by atoms with E-state index in [1.54, 1.807) is 0 Å². The van der Waals surface area contributed by atoms with Crippen molar-refractivity contribution in [3.8, 4) is 77.9 Å². The summed E-state index contributed by atoms with van der Waals surface area (Å²) in [7, 11) is 0. The number of hydrogen-bond acceptors (Lipinski definition) is 4. The molecular formula is C96H54O4. The van der Waals surface area contributed by atoms with Crippen LogP contribution in [0.3, 0.4) is 0 Å². The Morgan fingerprint density at radius 2 is 0.490 bits per heavy atom. The van der Waals surface area contributed by atoms with E-state index in [4.69, 9.17) is 17.7 Å². The van der Waals surface area contributed by atoms with E-state index in [0.717, 1.165) is 149 Å². The van der Waals surface area contributed by atoms with Gasteiger partial charge in [-0.3, -0.25) is 0 Å². The molecule has 4 heterocycles. The SMILES string of the molecule is c1ccc2cc(-c3c4cccc(-c5ccc6oc7ccccc7c6c5)c4cc4c(-c5ccc6oc7cccc(-c8cccc9c8oc8cccc(-c%10cccc%11c(-c%12ccc%13ccccc%13c%12)c%12cccc(-c%13cccc%14oc%15ccccc%15c%13%14)c%12cc%10%11)c89)c7c6c5)cccc34)ccc2c1. The van der Waals surface area contributed by atoms with Crippen molar-refractivity contribution < 1.29 is 17.7 Å². The van der Waals surface area contributed by atoms with Crippen LogP contribution in [0.5, 0.6) is 0 Å². The van der Waals surface area contributed by atoms with E-state index in [1.165, 1.54) is 81.5 Å². The monoisotopic (exact) mass is 1270 g/mol. The summed E-state index contributed by atoms with van der Waals surface area (Å²) >= 11 is 0. The smallest absolute Gasteiger partial charge is 0.143 e. The van der Waals surface area contributed by atoms with Crippen molar-refractivity contribution in [1.82, 2.24) is 0 Å². The van der Waals surface area contributed by atoms with Crippen LogP contribution < -0.4 is 0 Å². The van der Waals surface area contributed by atoms with E-state index in [1.807, 2.05) is 12.1 Å². The molecule has 0 aliphatic heterocycles. The highest BCUT2D eigenvalue weighted by Gasteiger charge is 2.25. The Hall–Kier alpha value is -13.3. The molecule has 22 aromatic rings. The van der Waals surface area contributed by atoms with Gasteiger partial charge in [-0.2, -0.15) is 0 Å². The van der Waals surface area contributed by atoms with Gasteiger partial charge in [0.2, 0.25) is 0 Å². The average molecular weight is 1270 g/mol. The van der Waals surface area contributed by atoms with Crippen molar-refractivity contribution >= 4 is 152 Å². The Labute approximate surface area is 572 Å². The van der Waals surface area contributed by atoms with Crippen molar-refractivity contribution in [3.05, 3.63) is 328 Å². The van der Waals surface area contributed by atoms with Gasteiger partial charge in [-0.25, -0.2) is 0 Å². The van der Waals surface area contributed by atoms with Crippen LogP contribution in [0.1, 0.15) is 0 Å². The predicted molar refractivity (Wildman–Crippen MR) is 419 cm³/mol. The van der Waals surface area contributed by atoms with Crippen LogP contribution >= 0.6 is 0 Å². The van der Waals surface area contributed by atoms with Crippen LogP contribution in [0.2, 0.25) is 0 Å². The number of para-hydroxylation sites is 3. The molecule has 0 radical (unpaired) electrons. The molecule has 0 saturated carbocycles. The fourth-order valence-electron chi connectivity index (χ4n) is 17.0. The zero-order valence-corrected chi connectivity index (χ0v) is 53.8. The molecule has 100 heavy (non-hydrogen) atoms. The highest BCUT2D eigenvalue weighted by atomic mass is 16.3. The summed E-state index contributed by atoms with van der Waals surface area (Å²) < 4.78 is 27.1. The Bertz CT molecular complexity index is 7290. The summed E-state index contributed by atoms with van der Waals surface area (Å²) in [5.74, 6) is 0. The largest absolute Gasteiger partial charge is 0.456 e. The van der Waals surface area contributed by atoms with Crippen LogP contribution in [0.4, 0.5) is 0 Å². The summed E-state index contributed by atoms with van der Waals surface area (Å²) in [6, 6.07) is 119. The van der Waals surface area contributed by atoms with E-state index in [-0.39, 0.29) is 0 Å². The van der Waals surface area contributed by atoms with Crippen LogP contribution in [0.25, 0.3) is 230 Å². The fraction of sp³-hybridized carbons (Fsp3) is 0. The van der Waals surface area contributed by atoms with Crippen LogP contribution in [0.15, 0.2) is 345 Å². The maximum atomic E-state index is 7.28. The maximum absolute atomic E-state index is 7.28. The molecule has 0 bridgehead atoms. The summed E-state index contributed by atoms with van der Waals surface area (Å²) in [5.41, 5.74) is 22.6. The second-order valence-electron chi connectivity index (χ2n) is 26.8. The lowest BCUT2D eigenvalue weighted by atomic mass is 9.85. The molecule has 4 aromatic heterocycles. The first-order valence-electron chi connectivity index (χ1n) is 34.3. The van der Waals surface area contributed by atoms with Crippen molar-refractivity contribution in [2.45, 2.75) is 0 Å². The summed E-state index contributed by atoms with van der Waals surface area (Å²) in [6.07, 6.45) is 0. The van der Waals surface area contributed by atoms with Gasteiger partial charge in [-0.1, -0.05) is 249 Å². The molecule has 0 saturated heterocycles. The van der Waals surface area contributed by atoms with Crippen molar-refractivity contribution in [1.29, 1.82) is 0 Å². The third-order valence-corrected chi connectivity index (χ3v) is 21.4. The molecule has 0 amide bonds. The van der Waals surface area contributed by atoms with Crippen molar-refractivity contribution in [2.24, 2.45) is 0 Å². The van der Waals surface area contributed by atoms with Crippen LogP contribution in [-0.2, 0) is 0 Å². The van der Waals surface area contributed by atoms with Gasteiger partial charge in [0.1, 0.15) is 44.7 Å². The fourth-order valence-corrected chi connectivity index (χ4v) is 17.0. The Morgan fingerprint density at radius 1 is 0.150 bits per heavy atom. The van der Waals surface area contributed by atoms with Gasteiger partial charge in [-0.05, 0) is 216 Å². The number of furan rings is 4. The second-order valence-corrected chi connectivity index (χ2v) is 26.8. The first kappa shape index (κ1) is 54.9. The molecule has 22 rings (SSSR count). The lowest BCUT2D eigenvalue weighted by Crippen LogP contribution is -1.91. The molecule has 0 unspecified atom stereocenters. The van der Waals surface area contributed by atoms with Gasteiger partial charge in [0.15, 0.2) is 0 Å². The maximum Gasteiger partial charge on any atom is 0.143 e. The highest BCUT2D eigenvalue weighted by molar-refractivity contribution is 6.27. The van der Waals surface area contributed by atoms with Gasteiger partial charge < -0.3 is 17.7 Å². The van der Waals surface area contributed by atoms with E-state index in [2.05, 4.69) is 315 Å². The number of fused-ring (bicyclic) bond motifs is 18. The lowest BCUT2D eigenvalue weighted by molar-refractivity contribution is 0.668. The molecule has 0 atom stereocenters. The molecule has 0 N–H and O–H groups in total. The number of benzene rings is 18. The Morgan fingerprint density at radius 3 is 1.05 bits per heavy atom. The topological polar surface area (TPSA) is 52.6 Å². The zero-order valence-electron chi connectivity index (χ0n) is 53.8. The average Bonchev–Trinajstić information content (AvgIpc) is 1.19. The summed E-state index contributed by atoms with van der Waals surface area (Å²) in [5, 5.41) is 22.9. The molecule has 4 heteroatoms. The lowest BCUT2D eigenvalue weighted by Gasteiger charge is -2.18. The van der Waals surface area contributed by atoms with E-state index in [0.29, 0.717) is 0 Å². The standard InChI is InChI=1S/C96H54O4/c1-3-19-57-49-61(43-41-55(57)17-1)91-71-27-9-23-63(59-45-47-86-82(51-59)67-21-5-7-36-84(67)97-86)78(71)53-79-64(24-10-28-72(79)91)60-46-48-87-83(52-60)95-70(33-16-39-89(95)99-87)75-34-13-35-77-94-69(32-15-40-90(94)100-96(75)77)66-26-12-30-74-81(66)54-80-65(68-31-14-38-88-93(68)76-22-6-8-37-85(76)98-88)25-11-29-73(80)92(74)62-44-42-56-18-2-4-20-58(56)50-62/h1-54H. The quantitative estimate of drug-likeness (QED) is 0.149. The highest BCUT2D eigenvalue weighted by Crippen LogP contribution is 2.51. The minimum atomic E-state index is 0.815. The molecule has 4 nitrogen and oxygen atoms in total. The third-order valence-electron chi connectivity index (χ3n) is 21.4. The summed E-state index contributed by atoms with van der Waals surface area (Å²) in [4.78, 5) is 0. The molecular weight excluding hydrogens is 1220 g/mol. The number of rotatable bonds is 7. The minimum Gasteiger partial charge on any atom is -0.456 e. The molecule has 462 valence electrons. The van der Waals surface area contributed by atoms with Crippen molar-refractivity contribution in [2.75, 3.05) is 0 Å². The van der Waals surface area contributed by atoms with Gasteiger partial charge in [0.25, 0.3) is 0 Å². The first-order valence-corrected chi connectivity index (χ1v) is 34.3. The number of hydrogen-bond donors (Lipinski definition) is 0. The molecule has 0 fully saturated rings. The molecule has 18 aromatic carbocycles. The van der Waals surface area contributed by atoms with Gasteiger partial charge in [0.05, 0.1) is 0 Å². The normalized spacial score (nSPS) is 12.2. The van der Waals surface area contributed by atoms with E-state index < -0.39 is 0 Å². The molecule has 0 spiro atoms. The van der Waals surface area contributed by atoms with Gasteiger partial charge in [0, 0.05) is 48.7 Å². The molecule has 0 aliphatic carbocycles. The van der Waals surface area contributed by atoms with Crippen LogP contribution in [-0.4, -0.2) is 0 Å². The molecule has 0 aliphatic rings. The predicted octanol–water partition coefficient (Wildman–Crippen LogP) is 27.9. The minimum absolute atomic E-state index is 0.815. The second kappa shape index (κ2) is 21.1. The third kappa shape index (κ3) is 8.10.